The van der Waals surface area contributed by atoms with Gasteiger partial charge in [0.25, 0.3) is 5.91 Å². The highest BCUT2D eigenvalue weighted by atomic mass is 19.4. The normalized spacial score (nSPS) is 22.6. The zero-order valence-corrected chi connectivity index (χ0v) is 16.3. The summed E-state index contributed by atoms with van der Waals surface area (Å²) in [6, 6.07) is 5.16. The summed E-state index contributed by atoms with van der Waals surface area (Å²) in [5.74, 6) is -0.228. The minimum absolute atomic E-state index is 0.0710. The number of aromatic nitrogens is 2. The molecule has 1 amide bonds. The van der Waals surface area contributed by atoms with E-state index in [0.29, 0.717) is 0 Å². The van der Waals surface area contributed by atoms with Crippen LogP contribution in [0.3, 0.4) is 0 Å². The van der Waals surface area contributed by atoms with E-state index >= 15 is 0 Å². The lowest BCUT2D eigenvalue weighted by Crippen LogP contribution is -2.38. The Labute approximate surface area is 167 Å². The highest BCUT2D eigenvalue weighted by Crippen LogP contribution is 2.44. The van der Waals surface area contributed by atoms with Gasteiger partial charge in [0, 0.05) is 12.5 Å². The molecule has 4 rings (SSSR count). The molecule has 1 saturated carbocycles. The molecule has 5 nitrogen and oxygen atoms in total. The Bertz CT molecular complexity index is 869. The van der Waals surface area contributed by atoms with Gasteiger partial charge in [-0.05, 0) is 25.3 Å². The number of carbonyl (C=O) groups is 1. The predicted octanol–water partition coefficient (Wildman–Crippen LogP) is 4.91. The van der Waals surface area contributed by atoms with Gasteiger partial charge in [0.1, 0.15) is 11.4 Å². The number of halogens is 3. The Morgan fingerprint density at radius 1 is 1.17 bits per heavy atom. The Kier molecular flexibility index (Phi) is 5.27. The van der Waals surface area contributed by atoms with Gasteiger partial charge in [-0.2, -0.15) is 18.3 Å². The van der Waals surface area contributed by atoms with Gasteiger partial charge in [0.05, 0.1) is 12.2 Å². The average Bonchev–Trinajstić information content (AvgIpc) is 3.12. The first kappa shape index (κ1) is 19.8. The summed E-state index contributed by atoms with van der Waals surface area (Å²) in [5, 5.41) is 10.0. The molecule has 1 aromatic heterocycles. The van der Waals surface area contributed by atoms with E-state index in [2.05, 4.69) is 15.7 Å². The highest BCUT2D eigenvalue weighted by molar-refractivity contribution is 5.99. The minimum Gasteiger partial charge on any atom is -0.363 e. The number of amides is 1. The molecular weight excluding hydrogens is 381 g/mol. The van der Waals surface area contributed by atoms with Crippen LogP contribution in [0.25, 0.3) is 0 Å². The molecule has 2 atom stereocenters. The maximum Gasteiger partial charge on any atom is 0.410 e. The molecule has 0 saturated heterocycles. The fourth-order valence-electron chi connectivity index (χ4n) is 4.26. The Hall–Kier alpha value is -2.51. The number of nitrogens with zero attached hydrogens (tertiary/aromatic N) is 2. The second-order valence-corrected chi connectivity index (χ2v) is 8.06. The summed E-state index contributed by atoms with van der Waals surface area (Å²) in [5.41, 5.74) is 1.96. The van der Waals surface area contributed by atoms with Gasteiger partial charge in [-0.3, -0.25) is 4.79 Å². The number of hydrogen-bond acceptors (Lipinski definition) is 3. The third-order valence-electron chi connectivity index (χ3n) is 5.90. The molecule has 2 N–H and O–H groups in total. The fourth-order valence-corrected chi connectivity index (χ4v) is 4.26. The highest BCUT2D eigenvalue weighted by Gasteiger charge is 2.47. The maximum absolute atomic E-state index is 13.8. The van der Waals surface area contributed by atoms with Gasteiger partial charge < -0.3 is 10.6 Å². The number of carbonyl (C=O) groups excluding carboxylic acids is 1. The van der Waals surface area contributed by atoms with Gasteiger partial charge >= 0.3 is 6.18 Å². The van der Waals surface area contributed by atoms with E-state index < -0.39 is 18.3 Å². The van der Waals surface area contributed by atoms with Crippen LogP contribution in [0.1, 0.15) is 72.1 Å². The summed E-state index contributed by atoms with van der Waals surface area (Å²) in [6.07, 6.45) is 1.69. The Morgan fingerprint density at radius 3 is 2.52 bits per heavy atom. The first-order valence-electron chi connectivity index (χ1n) is 10.1. The molecule has 8 heteroatoms. The second-order valence-electron chi connectivity index (χ2n) is 8.06. The van der Waals surface area contributed by atoms with Crippen molar-refractivity contribution >= 4 is 11.7 Å². The number of rotatable bonds is 3. The lowest BCUT2D eigenvalue weighted by molar-refractivity contribution is -0.173. The van der Waals surface area contributed by atoms with Crippen molar-refractivity contribution in [2.75, 3.05) is 5.32 Å². The van der Waals surface area contributed by atoms with Crippen LogP contribution in [0.2, 0.25) is 0 Å². The van der Waals surface area contributed by atoms with E-state index in [-0.39, 0.29) is 29.8 Å². The molecular formula is C21H25F3N4O. The van der Waals surface area contributed by atoms with E-state index in [1.807, 2.05) is 31.2 Å². The quantitative estimate of drug-likeness (QED) is 0.761. The molecule has 1 aliphatic carbocycles. The number of fused-ring (bicyclic) bond motifs is 1. The predicted molar refractivity (Wildman–Crippen MR) is 104 cm³/mol. The van der Waals surface area contributed by atoms with Crippen LogP contribution in [0.5, 0.6) is 0 Å². The number of nitrogens with one attached hydrogen (secondary N) is 2. The van der Waals surface area contributed by atoms with Crippen LogP contribution < -0.4 is 10.6 Å². The zero-order chi connectivity index (χ0) is 20.6. The van der Waals surface area contributed by atoms with Crippen molar-refractivity contribution in [1.82, 2.24) is 15.1 Å². The maximum atomic E-state index is 13.8. The van der Waals surface area contributed by atoms with Crippen molar-refractivity contribution < 1.29 is 18.0 Å². The molecule has 2 aromatic rings. The van der Waals surface area contributed by atoms with Crippen LogP contribution in [0.4, 0.5) is 19.0 Å². The van der Waals surface area contributed by atoms with E-state index in [1.54, 1.807) is 0 Å². The second kappa shape index (κ2) is 7.72. The molecule has 0 spiro atoms. The summed E-state index contributed by atoms with van der Waals surface area (Å²) < 4.78 is 42.2. The molecule has 1 aromatic carbocycles. The van der Waals surface area contributed by atoms with Gasteiger partial charge in [0.15, 0.2) is 6.04 Å². The molecule has 2 aliphatic rings. The fraction of sp³-hybridized carbons (Fsp3) is 0.524. The molecule has 2 unspecified atom stereocenters. The molecule has 1 aliphatic heterocycles. The standard InChI is InChI=1S/C21H25F3N4O/c1-13-7-9-14(10-8-13)17-11-18(21(22,23)24)28-19(27-17)16(12-25-28)20(29)26-15-5-3-2-4-6-15/h7-10,12,15,17-18,27H,2-6,11H2,1H3,(H,26,29). The van der Waals surface area contributed by atoms with E-state index in [1.165, 1.54) is 6.20 Å². The molecule has 156 valence electrons. The molecule has 29 heavy (non-hydrogen) atoms. The van der Waals surface area contributed by atoms with E-state index in [9.17, 15) is 18.0 Å². The zero-order valence-electron chi connectivity index (χ0n) is 16.3. The van der Waals surface area contributed by atoms with Gasteiger partial charge in [-0.1, -0.05) is 49.1 Å². The van der Waals surface area contributed by atoms with Crippen molar-refractivity contribution in [3.8, 4) is 0 Å². The molecule has 0 radical (unpaired) electrons. The summed E-state index contributed by atoms with van der Waals surface area (Å²) in [4.78, 5) is 12.8. The Morgan fingerprint density at radius 2 is 1.86 bits per heavy atom. The van der Waals surface area contributed by atoms with Crippen LogP contribution in [-0.2, 0) is 0 Å². The average molecular weight is 406 g/mol. The van der Waals surface area contributed by atoms with Crippen molar-refractivity contribution in [1.29, 1.82) is 0 Å². The summed E-state index contributed by atoms with van der Waals surface area (Å²) in [7, 11) is 0. The van der Waals surface area contributed by atoms with Gasteiger partial charge in [0.2, 0.25) is 0 Å². The number of aryl methyl sites for hydroxylation is 1. The SMILES string of the molecule is Cc1ccc(C2CC(C(F)(F)F)n3ncc(C(=O)NC4CCCCC4)c3N2)cc1. The largest absolute Gasteiger partial charge is 0.410 e. The van der Waals surface area contributed by atoms with Gasteiger partial charge in [-0.15, -0.1) is 0 Å². The topological polar surface area (TPSA) is 59.0 Å². The number of benzene rings is 1. The van der Waals surface area contributed by atoms with Crippen LogP contribution >= 0.6 is 0 Å². The summed E-state index contributed by atoms with van der Waals surface area (Å²) >= 11 is 0. The van der Waals surface area contributed by atoms with E-state index in [4.69, 9.17) is 0 Å². The number of anilines is 1. The first-order valence-corrected chi connectivity index (χ1v) is 10.1. The lowest BCUT2D eigenvalue weighted by Gasteiger charge is -2.34. The van der Waals surface area contributed by atoms with Crippen LogP contribution in [0.15, 0.2) is 30.5 Å². The third-order valence-corrected chi connectivity index (χ3v) is 5.90. The van der Waals surface area contributed by atoms with Crippen molar-refractivity contribution in [3.63, 3.8) is 0 Å². The van der Waals surface area contributed by atoms with E-state index in [0.717, 1.165) is 47.9 Å². The molecule has 0 bridgehead atoms. The smallest absolute Gasteiger partial charge is 0.363 e. The van der Waals surface area contributed by atoms with Crippen LogP contribution in [0, 0.1) is 6.92 Å². The van der Waals surface area contributed by atoms with Crippen molar-refractivity contribution in [3.05, 3.63) is 47.2 Å². The van der Waals surface area contributed by atoms with Crippen molar-refractivity contribution in [2.45, 2.75) is 69.8 Å². The number of hydrogen-bond donors (Lipinski definition) is 2. The summed E-state index contributed by atoms with van der Waals surface area (Å²) in [6.45, 7) is 1.93. The Balaban J connectivity index is 1.64. The first-order chi connectivity index (χ1) is 13.8. The third kappa shape index (κ3) is 4.11. The molecule has 1 fully saturated rings. The van der Waals surface area contributed by atoms with Gasteiger partial charge in [-0.25, -0.2) is 4.68 Å². The number of alkyl halides is 3. The monoisotopic (exact) mass is 406 g/mol. The minimum atomic E-state index is -4.46. The molecule has 2 heterocycles. The van der Waals surface area contributed by atoms with Crippen LogP contribution in [-0.4, -0.2) is 27.9 Å². The lowest BCUT2D eigenvalue weighted by atomic mass is 9.95. The van der Waals surface area contributed by atoms with Crippen molar-refractivity contribution in [2.24, 2.45) is 0 Å².